The molecule has 192 valence electrons. The van der Waals surface area contributed by atoms with Gasteiger partial charge in [0.05, 0.1) is 25.0 Å². The molecular weight excluding hydrogens is 490 g/mol. The SMILES string of the molecule is C[C@@H]1CC(F)(F)CN(C(=O)c2nn(C)cc2-c2ccccc2F)C1CNc1cnc(C(F)(F)F)cn1. The minimum absolute atomic E-state index is 0.00943. The van der Waals surface area contributed by atoms with E-state index in [9.17, 15) is 31.1 Å². The number of aromatic nitrogens is 4. The van der Waals surface area contributed by atoms with Crippen LogP contribution < -0.4 is 5.32 Å². The quantitative estimate of drug-likeness (QED) is 0.505. The van der Waals surface area contributed by atoms with Crippen molar-refractivity contribution in [3.63, 3.8) is 0 Å². The molecule has 3 heterocycles. The van der Waals surface area contributed by atoms with E-state index in [2.05, 4.69) is 20.4 Å². The highest BCUT2D eigenvalue weighted by Crippen LogP contribution is 2.36. The fraction of sp³-hybridized carbons (Fsp3) is 0.391. The highest BCUT2D eigenvalue weighted by atomic mass is 19.4. The smallest absolute Gasteiger partial charge is 0.367 e. The molecular formula is C23H22F6N6O. The molecule has 1 aliphatic rings. The van der Waals surface area contributed by atoms with Gasteiger partial charge < -0.3 is 10.2 Å². The molecule has 7 nitrogen and oxygen atoms in total. The van der Waals surface area contributed by atoms with Crippen LogP contribution in [0.4, 0.5) is 32.2 Å². The lowest BCUT2D eigenvalue weighted by Crippen LogP contribution is -2.57. The fourth-order valence-electron chi connectivity index (χ4n) is 4.31. The molecule has 1 unspecified atom stereocenters. The molecule has 0 radical (unpaired) electrons. The maximum Gasteiger partial charge on any atom is 0.434 e. The van der Waals surface area contributed by atoms with E-state index in [0.29, 0.717) is 6.20 Å². The third-order valence-corrected chi connectivity index (χ3v) is 5.97. The van der Waals surface area contributed by atoms with Crippen molar-refractivity contribution in [1.82, 2.24) is 24.6 Å². The summed E-state index contributed by atoms with van der Waals surface area (Å²) in [4.78, 5) is 21.5. The summed E-state index contributed by atoms with van der Waals surface area (Å²) < 4.78 is 83.0. The van der Waals surface area contributed by atoms with E-state index in [4.69, 9.17) is 0 Å². The van der Waals surface area contributed by atoms with Crippen LogP contribution in [0.1, 0.15) is 29.5 Å². The maximum atomic E-state index is 14.5. The lowest BCUT2D eigenvalue weighted by Gasteiger charge is -2.43. The molecule has 1 N–H and O–H groups in total. The lowest BCUT2D eigenvalue weighted by atomic mass is 9.88. The van der Waals surface area contributed by atoms with Crippen LogP contribution >= 0.6 is 0 Å². The van der Waals surface area contributed by atoms with Gasteiger partial charge in [0.1, 0.15) is 11.6 Å². The van der Waals surface area contributed by atoms with Crippen molar-refractivity contribution in [2.24, 2.45) is 13.0 Å². The van der Waals surface area contributed by atoms with Gasteiger partial charge >= 0.3 is 6.18 Å². The van der Waals surface area contributed by atoms with E-state index in [1.807, 2.05) is 0 Å². The number of nitrogens with one attached hydrogen (secondary N) is 1. The topological polar surface area (TPSA) is 75.9 Å². The predicted octanol–water partition coefficient (Wildman–Crippen LogP) is 4.63. The highest BCUT2D eigenvalue weighted by Gasteiger charge is 2.47. The summed E-state index contributed by atoms with van der Waals surface area (Å²) in [6, 6.07) is 4.95. The number of aryl methyl sites for hydroxylation is 1. The van der Waals surface area contributed by atoms with Crippen LogP contribution in [0.15, 0.2) is 42.9 Å². The molecule has 2 aromatic heterocycles. The second kappa shape index (κ2) is 9.43. The Labute approximate surface area is 202 Å². The average Bonchev–Trinajstić information content (AvgIpc) is 3.18. The van der Waals surface area contributed by atoms with E-state index in [1.54, 1.807) is 13.0 Å². The Morgan fingerprint density at radius 1 is 1.17 bits per heavy atom. The molecule has 0 saturated carbocycles. The van der Waals surface area contributed by atoms with Crippen molar-refractivity contribution in [2.75, 3.05) is 18.4 Å². The number of hydrogen-bond donors (Lipinski definition) is 1. The van der Waals surface area contributed by atoms with Crippen LogP contribution in [0, 0.1) is 11.7 Å². The first-order chi connectivity index (χ1) is 16.9. The number of piperidine rings is 1. The number of hydrogen-bond acceptors (Lipinski definition) is 5. The minimum atomic E-state index is -4.66. The zero-order valence-electron chi connectivity index (χ0n) is 19.2. The van der Waals surface area contributed by atoms with Gasteiger partial charge in [0.2, 0.25) is 0 Å². The number of carbonyl (C=O) groups excluding carboxylic acids is 1. The van der Waals surface area contributed by atoms with Crippen molar-refractivity contribution in [1.29, 1.82) is 0 Å². The number of nitrogens with zero attached hydrogens (tertiary/aromatic N) is 5. The Hall–Kier alpha value is -3.64. The molecule has 4 rings (SSSR count). The van der Waals surface area contributed by atoms with Gasteiger partial charge in [-0.05, 0) is 12.0 Å². The number of anilines is 1. The molecule has 3 aromatic rings. The van der Waals surface area contributed by atoms with Gasteiger partial charge in [0, 0.05) is 37.3 Å². The standard InChI is InChI=1S/C23H22F6N6O/c1-13-7-22(25,26)12-35(17(13)8-31-19-10-30-18(9-32-19)23(27,28)29)21(36)20-15(11-34(2)33-20)14-5-3-4-6-16(14)24/h3-6,9-11,13,17H,7-8,12H2,1-2H3,(H,31,32)/t13-,17?/m1/s1. The zero-order valence-corrected chi connectivity index (χ0v) is 19.2. The molecule has 1 aromatic carbocycles. The summed E-state index contributed by atoms with van der Waals surface area (Å²) in [5.41, 5.74) is -1.11. The van der Waals surface area contributed by atoms with Gasteiger partial charge in [-0.25, -0.2) is 23.1 Å². The van der Waals surface area contributed by atoms with Gasteiger partial charge in [0.15, 0.2) is 11.4 Å². The van der Waals surface area contributed by atoms with Crippen LogP contribution in [0.25, 0.3) is 11.1 Å². The number of halogens is 6. The maximum absolute atomic E-state index is 14.5. The summed E-state index contributed by atoms with van der Waals surface area (Å²) >= 11 is 0. The van der Waals surface area contributed by atoms with Gasteiger partial charge in [0.25, 0.3) is 11.8 Å². The van der Waals surface area contributed by atoms with Crippen LogP contribution in [0.3, 0.4) is 0 Å². The summed E-state index contributed by atoms with van der Waals surface area (Å²) in [6.07, 6.45) is -2.28. The van der Waals surface area contributed by atoms with Crippen molar-refractivity contribution >= 4 is 11.7 Å². The molecule has 36 heavy (non-hydrogen) atoms. The van der Waals surface area contributed by atoms with Crippen LogP contribution in [-0.4, -0.2) is 55.6 Å². The predicted molar refractivity (Wildman–Crippen MR) is 118 cm³/mol. The minimum Gasteiger partial charge on any atom is -0.367 e. The monoisotopic (exact) mass is 512 g/mol. The third-order valence-electron chi connectivity index (χ3n) is 5.97. The first kappa shape index (κ1) is 25.5. The molecule has 1 amide bonds. The number of rotatable bonds is 5. The molecule has 0 bridgehead atoms. The van der Waals surface area contributed by atoms with E-state index in [1.165, 1.54) is 36.1 Å². The summed E-state index contributed by atoms with van der Waals surface area (Å²) in [5, 5.41) is 6.91. The molecule has 1 aliphatic heterocycles. The number of carbonyl (C=O) groups is 1. The molecule has 2 atom stereocenters. The summed E-state index contributed by atoms with van der Waals surface area (Å²) in [7, 11) is 1.52. The number of benzene rings is 1. The molecule has 0 aliphatic carbocycles. The van der Waals surface area contributed by atoms with Crippen molar-refractivity contribution in [3.8, 4) is 11.1 Å². The van der Waals surface area contributed by atoms with Gasteiger partial charge in [-0.2, -0.15) is 18.3 Å². The second-order valence-corrected chi connectivity index (χ2v) is 8.75. The first-order valence-electron chi connectivity index (χ1n) is 11.0. The van der Waals surface area contributed by atoms with E-state index in [-0.39, 0.29) is 29.2 Å². The summed E-state index contributed by atoms with van der Waals surface area (Å²) in [5.74, 6) is -5.29. The Kier molecular flexibility index (Phi) is 6.67. The molecule has 1 saturated heterocycles. The van der Waals surface area contributed by atoms with E-state index >= 15 is 0 Å². The second-order valence-electron chi connectivity index (χ2n) is 8.75. The van der Waals surface area contributed by atoms with Crippen molar-refractivity contribution in [2.45, 2.75) is 31.5 Å². The highest BCUT2D eigenvalue weighted by molar-refractivity contribution is 5.99. The summed E-state index contributed by atoms with van der Waals surface area (Å²) in [6.45, 7) is 0.577. The van der Waals surface area contributed by atoms with Crippen LogP contribution in [0.5, 0.6) is 0 Å². The largest absolute Gasteiger partial charge is 0.434 e. The lowest BCUT2D eigenvalue weighted by molar-refractivity contribution is -0.141. The number of amides is 1. The molecule has 1 fully saturated rings. The number of likely N-dealkylation sites (tertiary alicyclic amines) is 1. The average molecular weight is 512 g/mol. The van der Waals surface area contributed by atoms with E-state index < -0.39 is 54.4 Å². The number of alkyl halides is 5. The first-order valence-corrected chi connectivity index (χ1v) is 11.0. The normalized spacial score (nSPS) is 19.8. The Morgan fingerprint density at radius 3 is 2.53 bits per heavy atom. The Bertz CT molecular complexity index is 1240. The van der Waals surface area contributed by atoms with Crippen molar-refractivity contribution in [3.05, 3.63) is 60.1 Å². The fourth-order valence-corrected chi connectivity index (χ4v) is 4.31. The van der Waals surface area contributed by atoms with Crippen molar-refractivity contribution < 1.29 is 31.1 Å². The third kappa shape index (κ3) is 5.29. The van der Waals surface area contributed by atoms with Gasteiger partial charge in [-0.1, -0.05) is 25.1 Å². The van der Waals surface area contributed by atoms with E-state index in [0.717, 1.165) is 11.1 Å². The van der Waals surface area contributed by atoms with Crippen LogP contribution in [0.2, 0.25) is 0 Å². The Morgan fingerprint density at radius 2 is 1.89 bits per heavy atom. The van der Waals surface area contributed by atoms with Crippen LogP contribution in [-0.2, 0) is 13.2 Å². The Balaban J connectivity index is 1.62. The molecule has 13 heteroatoms. The zero-order chi connectivity index (χ0) is 26.3. The van der Waals surface area contributed by atoms with Gasteiger partial charge in [-0.15, -0.1) is 0 Å². The molecule has 0 spiro atoms. The van der Waals surface area contributed by atoms with Gasteiger partial charge in [-0.3, -0.25) is 9.48 Å².